The first kappa shape index (κ1) is 13.6. The molecule has 1 amide bonds. The molecule has 0 spiro atoms. The highest BCUT2D eigenvalue weighted by Gasteiger charge is 2.14. The minimum absolute atomic E-state index is 0.260. The van der Waals surface area contributed by atoms with Crippen molar-refractivity contribution >= 4 is 11.6 Å². The molecule has 0 radical (unpaired) electrons. The molecule has 2 aromatic rings. The number of carbonyl (C=O) groups excluding carboxylic acids is 1. The molecule has 0 heterocycles. The lowest BCUT2D eigenvalue weighted by Gasteiger charge is -2.14. The molecule has 0 saturated carbocycles. The minimum Gasteiger partial charge on any atom is -0.481 e. The number of hydrogen-bond acceptors (Lipinski definition) is 3. The molecule has 2 rings (SSSR count). The summed E-state index contributed by atoms with van der Waals surface area (Å²) in [5, 5.41) is 11.5. The van der Waals surface area contributed by atoms with Crippen molar-refractivity contribution in [3.63, 3.8) is 0 Å². The van der Waals surface area contributed by atoms with E-state index in [9.17, 15) is 4.79 Å². The van der Waals surface area contributed by atoms with Crippen molar-refractivity contribution in [2.45, 2.75) is 13.0 Å². The fraction of sp³-hybridized carbons (Fsp3) is 0.125. The molecule has 0 aromatic heterocycles. The minimum atomic E-state index is -0.622. The van der Waals surface area contributed by atoms with E-state index in [1.807, 2.05) is 24.3 Å². The van der Waals surface area contributed by atoms with Crippen molar-refractivity contribution in [3.8, 4) is 11.8 Å². The van der Waals surface area contributed by atoms with Gasteiger partial charge in [0.15, 0.2) is 6.10 Å². The van der Waals surface area contributed by atoms with Gasteiger partial charge in [0.25, 0.3) is 5.91 Å². The van der Waals surface area contributed by atoms with Gasteiger partial charge in [0.2, 0.25) is 0 Å². The Morgan fingerprint density at radius 2 is 1.95 bits per heavy atom. The highest BCUT2D eigenvalue weighted by molar-refractivity contribution is 5.94. The first-order valence-electron chi connectivity index (χ1n) is 6.22. The Bertz CT molecular complexity index is 632. The fourth-order valence-electron chi connectivity index (χ4n) is 1.67. The zero-order valence-electron chi connectivity index (χ0n) is 11.0. The number of benzene rings is 2. The van der Waals surface area contributed by atoms with E-state index in [4.69, 9.17) is 10.00 Å². The summed E-state index contributed by atoms with van der Waals surface area (Å²) in [6.45, 7) is 1.68. The van der Waals surface area contributed by atoms with E-state index in [1.165, 1.54) is 0 Å². The van der Waals surface area contributed by atoms with Crippen LogP contribution in [-0.2, 0) is 4.79 Å². The third-order valence-corrected chi connectivity index (χ3v) is 2.68. The van der Waals surface area contributed by atoms with Crippen LogP contribution >= 0.6 is 0 Å². The van der Waals surface area contributed by atoms with Gasteiger partial charge in [0.1, 0.15) is 5.75 Å². The van der Waals surface area contributed by atoms with Crippen LogP contribution in [0, 0.1) is 11.3 Å². The van der Waals surface area contributed by atoms with Gasteiger partial charge in [0.05, 0.1) is 11.6 Å². The molecule has 1 atom stereocenters. The van der Waals surface area contributed by atoms with E-state index in [1.54, 1.807) is 43.3 Å². The zero-order valence-corrected chi connectivity index (χ0v) is 11.0. The van der Waals surface area contributed by atoms with E-state index in [0.29, 0.717) is 17.0 Å². The van der Waals surface area contributed by atoms with Gasteiger partial charge in [-0.3, -0.25) is 4.79 Å². The first-order valence-corrected chi connectivity index (χ1v) is 6.22. The van der Waals surface area contributed by atoms with Crippen LogP contribution < -0.4 is 10.1 Å². The summed E-state index contributed by atoms with van der Waals surface area (Å²) in [4.78, 5) is 12.0. The number of rotatable bonds is 4. The van der Waals surface area contributed by atoms with Crippen molar-refractivity contribution in [2.75, 3.05) is 5.32 Å². The Morgan fingerprint density at radius 1 is 1.20 bits per heavy atom. The van der Waals surface area contributed by atoms with Crippen molar-refractivity contribution in [2.24, 2.45) is 0 Å². The smallest absolute Gasteiger partial charge is 0.265 e. The zero-order chi connectivity index (χ0) is 14.4. The summed E-state index contributed by atoms with van der Waals surface area (Å²) in [6.07, 6.45) is -0.622. The SMILES string of the molecule is C[C@H](Oc1ccccc1)C(=O)Nc1cccc(C#N)c1. The number of nitriles is 1. The van der Waals surface area contributed by atoms with Crippen LogP contribution in [0.25, 0.3) is 0 Å². The molecule has 2 aromatic carbocycles. The van der Waals surface area contributed by atoms with E-state index in [0.717, 1.165) is 0 Å². The number of para-hydroxylation sites is 1. The number of hydrogen-bond donors (Lipinski definition) is 1. The molecular weight excluding hydrogens is 252 g/mol. The lowest BCUT2D eigenvalue weighted by atomic mass is 10.2. The van der Waals surface area contributed by atoms with Crippen LogP contribution in [0.4, 0.5) is 5.69 Å². The summed E-state index contributed by atoms with van der Waals surface area (Å²) in [7, 11) is 0. The number of anilines is 1. The molecule has 0 aliphatic carbocycles. The van der Waals surface area contributed by atoms with Crippen LogP contribution in [0.5, 0.6) is 5.75 Å². The van der Waals surface area contributed by atoms with Crippen LogP contribution in [0.15, 0.2) is 54.6 Å². The quantitative estimate of drug-likeness (QED) is 0.925. The van der Waals surface area contributed by atoms with Gasteiger partial charge in [0, 0.05) is 5.69 Å². The number of ether oxygens (including phenoxy) is 1. The maximum atomic E-state index is 12.0. The summed E-state index contributed by atoms with van der Waals surface area (Å²) in [5.41, 5.74) is 1.08. The predicted molar refractivity (Wildman–Crippen MR) is 76.3 cm³/mol. The van der Waals surface area contributed by atoms with Gasteiger partial charge in [-0.05, 0) is 37.3 Å². The van der Waals surface area contributed by atoms with Crippen LogP contribution in [0.3, 0.4) is 0 Å². The Kier molecular flexibility index (Phi) is 4.35. The summed E-state index contributed by atoms with van der Waals surface area (Å²) in [6, 6.07) is 17.9. The normalized spacial score (nSPS) is 11.2. The average molecular weight is 266 g/mol. The predicted octanol–water partition coefficient (Wildman–Crippen LogP) is 2.96. The van der Waals surface area contributed by atoms with E-state index < -0.39 is 6.10 Å². The van der Waals surface area contributed by atoms with Crippen molar-refractivity contribution in [1.29, 1.82) is 5.26 Å². The van der Waals surface area contributed by atoms with Gasteiger partial charge in [-0.15, -0.1) is 0 Å². The number of carbonyl (C=O) groups is 1. The Labute approximate surface area is 117 Å². The lowest BCUT2D eigenvalue weighted by molar-refractivity contribution is -0.122. The maximum absolute atomic E-state index is 12.0. The largest absolute Gasteiger partial charge is 0.481 e. The van der Waals surface area contributed by atoms with Gasteiger partial charge < -0.3 is 10.1 Å². The van der Waals surface area contributed by atoms with Crippen LogP contribution in [0.1, 0.15) is 12.5 Å². The van der Waals surface area contributed by atoms with Crippen LogP contribution in [-0.4, -0.2) is 12.0 Å². The molecule has 0 unspecified atom stereocenters. The lowest BCUT2D eigenvalue weighted by Crippen LogP contribution is -2.30. The fourth-order valence-corrected chi connectivity index (χ4v) is 1.67. The van der Waals surface area contributed by atoms with Crippen molar-refractivity contribution in [3.05, 3.63) is 60.2 Å². The van der Waals surface area contributed by atoms with Gasteiger partial charge in [-0.1, -0.05) is 24.3 Å². The molecule has 0 bridgehead atoms. The molecule has 0 saturated heterocycles. The second-order valence-electron chi connectivity index (χ2n) is 4.25. The summed E-state index contributed by atoms with van der Waals surface area (Å²) in [5.74, 6) is 0.380. The Balaban J connectivity index is 1.99. The van der Waals surface area contributed by atoms with E-state index in [-0.39, 0.29) is 5.91 Å². The Hall–Kier alpha value is -2.80. The molecule has 4 nitrogen and oxygen atoms in total. The van der Waals surface area contributed by atoms with Gasteiger partial charge in [-0.25, -0.2) is 0 Å². The van der Waals surface area contributed by atoms with Crippen LogP contribution in [0.2, 0.25) is 0 Å². The third-order valence-electron chi connectivity index (χ3n) is 2.68. The third kappa shape index (κ3) is 3.59. The molecule has 100 valence electrons. The molecule has 0 aliphatic heterocycles. The molecule has 4 heteroatoms. The van der Waals surface area contributed by atoms with Gasteiger partial charge >= 0.3 is 0 Å². The van der Waals surface area contributed by atoms with Crippen molar-refractivity contribution < 1.29 is 9.53 Å². The van der Waals surface area contributed by atoms with E-state index >= 15 is 0 Å². The number of nitrogens with zero attached hydrogens (tertiary/aromatic N) is 1. The highest BCUT2D eigenvalue weighted by atomic mass is 16.5. The summed E-state index contributed by atoms with van der Waals surface area (Å²) >= 11 is 0. The number of nitrogens with one attached hydrogen (secondary N) is 1. The standard InChI is InChI=1S/C16H14N2O2/c1-12(20-15-8-3-2-4-9-15)16(19)18-14-7-5-6-13(10-14)11-17/h2-10,12H,1H3,(H,18,19)/t12-/m0/s1. The second-order valence-corrected chi connectivity index (χ2v) is 4.25. The monoisotopic (exact) mass is 266 g/mol. The molecule has 0 fully saturated rings. The first-order chi connectivity index (χ1) is 9.69. The highest BCUT2D eigenvalue weighted by Crippen LogP contribution is 2.13. The molecule has 20 heavy (non-hydrogen) atoms. The van der Waals surface area contributed by atoms with Crippen molar-refractivity contribution in [1.82, 2.24) is 0 Å². The second kappa shape index (κ2) is 6.39. The molecule has 1 N–H and O–H groups in total. The maximum Gasteiger partial charge on any atom is 0.265 e. The Morgan fingerprint density at radius 3 is 2.65 bits per heavy atom. The van der Waals surface area contributed by atoms with E-state index in [2.05, 4.69) is 5.32 Å². The molecule has 0 aliphatic rings. The topological polar surface area (TPSA) is 62.1 Å². The number of amides is 1. The van der Waals surface area contributed by atoms with Gasteiger partial charge in [-0.2, -0.15) is 5.26 Å². The molecular formula is C16H14N2O2. The summed E-state index contributed by atoms with van der Waals surface area (Å²) < 4.78 is 5.53. The average Bonchev–Trinajstić information content (AvgIpc) is 2.48.